The summed E-state index contributed by atoms with van der Waals surface area (Å²) in [7, 11) is 0. The minimum Gasteiger partial charge on any atom is -0.544 e. The van der Waals surface area contributed by atoms with Gasteiger partial charge in [0.05, 0.1) is 5.97 Å². The summed E-state index contributed by atoms with van der Waals surface area (Å²) in [6.07, 6.45) is 1.98. The number of nitriles is 1. The molecule has 1 aromatic heterocycles. The molecule has 0 unspecified atom stereocenters. The van der Waals surface area contributed by atoms with Gasteiger partial charge < -0.3 is 19.1 Å². The topological polar surface area (TPSA) is 112 Å². The van der Waals surface area contributed by atoms with Crippen LogP contribution in [0.1, 0.15) is 18.4 Å². The van der Waals surface area contributed by atoms with Gasteiger partial charge in [0, 0.05) is 11.3 Å². The molecule has 8 heteroatoms. The van der Waals surface area contributed by atoms with Crippen molar-refractivity contribution in [3.8, 4) is 11.8 Å². The Hall–Kier alpha value is -2.79. The third-order valence-electron chi connectivity index (χ3n) is 2.61. The van der Waals surface area contributed by atoms with Crippen LogP contribution >= 0.6 is 11.8 Å². The highest BCUT2D eigenvalue weighted by atomic mass is 32.2. The van der Waals surface area contributed by atoms with Gasteiger partial charge in [-0.1, -0.05) is 19.1 Å². The van der Waals surface area contributed by atoms with Crippen LogP contribution in [0.25, 0.3) is 6.08 Å². The molecule has 1 aromatic carbocycles. The van der Waals surface area contributed by atoms with Crippen molar-refractivity contribution in [1.29, 1.82) is 5.26 Å². The van der Waals surface area contributed by atoms with E-state index in [-0.39, 0.29) is 16.7 Å². The predicted molar refractivity (Wildman–Crippen MR) is 80.1 cm³/mol. The average molecular weight is 330 g/mol. The first-order valence-electron chi connectivity index (χ1n) is 6.65. The highest BCUT2D eigenvalue weighted by molar-refractivity contribution is 8.03. The van der Waals surface area contributed by atoms with Crippen molar-refractivity contribution < 1.29 is 19.1 Å². The molecule has 2 rings (SSSR count). The zero-order valence-corrected chi connectivity index (χ0v) is 13.0. The zero-order chi connectivity index (χ0) is 16.7. The van der Waals surface area contributed by atoms with Gasteiger partial charge in [0.25, 0.3) is 5.22 Å². The van der Waals surface area contributed by atoms with Gasteiger partial charge in [-0.25, -0.2) is 0 Å². The summed E-state index contributed by atoms with van der Waals surface area (Å²) in [6, 6.07) is 8.55. The number of benzene rings is 1. The van der Waals surface area contributed by atoms with E-state index in [9.17, 15) is 9.90 Å². The number of carbonyl (C=O) groups excluding carboxylic acids is 1. The van der Waals surface area contributed by atoms with Gasteiger partial charge in [-0.2, -0.15) is 5.26 Å². The normalized spacial score (nSPS) is 11.0. The van der Waals surface area contributed by atoms with Gasteiger partial charge in [0.15, 0.2) is 6.61 Å². The van der Waals surface area contributed by atoms with Gasteiger partial charge in [-0.05, 0) is 35.5 Å². The number of nitrogens with zero attached hydrogens (tertiary/aromatic N) is 3. The predicted octanol–water partition coefficient (Wildman–Crippen LogP) is 1.42. The maximum Gasteiger partial charge on any atom is 0.281 e. The lowest BCUT2D eigenvalue weighted by molar-refractivity contribution is -0.298. The van der Waals surface area contributed by atoms with E-state index < -0.39 is 5.97 Å². The molecule has 0 saturated carbocycles. The number of hydrogen-bond acceptors (Lipinski definition) is 8. The standard InChI is InChI=1S/C15H13N3O4S/c1-2-13-17-18-15(22-13)23-12(14(19)20)9-10-4-3-5-11(8-10)21-7-6-16/h3-5,8-9H,2,7H2,1H3,(H,19,20)/p-1/b12-9-. The van der Waals surface area contributed by atoms with Gasteiger partial charge in [-0.15, -0.1) is 10.2 Å². The van der Waals surface area contributed by atoms with Crippen molar-refractivity contribution in [3.63, 3.8) is 0 Å². The molecule has 23 heavy (non-hydrogen) atoms. The van der Waals surface area contributed by atoms with E-state index in [4.69, 9.17) is 14.4 Å². The number of aryl methyl sites for hydroxylation is 1. The highest BCUT2D eigenvalue weighted by Crippen LogP contribution is 2.27. The molecule has 0 aliphatic carbocycles. The van der Waals surface area contributed by atoms with E-state index in [1.54, 1.807) is 24.3 Å². The monoisotopic (exact) mass is 330 g/mol. The lowest BCUT2D eigenvalue weighted by Crippen LogP contribution is -2.23. The quantitative estimate of drug-likeness (QED) is 0.553. The maximum atomic E-state index is 11.3. The fourth-order valence-corrected chi connectivity index (χ4v) is 2.29. The van der Waals surface area contributed by atoms with Crippen LogP contribution in [0.15, 0.2) is 38.8 Å². The molecular formula is C15H12N3O4S-. The van der Waals surface area contributed by atoms with E-state index >= 15 is 0 Å². The molecule has 0 bridgehead atoms. The zero-order valence-electron chi connectivity index (χ0n) is 12.2. The number of carboxylic acid groups (broad SMARTS) is 1. The molecule has 0 aliphatic heterocycles. The molecule has 118 valence electrons. The number of thioether (sulfide) groups is 1. The van der Waals surface area contributed by atoms with Crippen LogP contribution in [0.5, 0.6) is 5.75 Å². The van der Waals surface area contributed by atoms with E-state index in [1.807, 2.05) is 13.0 Å². The Kier molecular flexibility index (Phi) is 5.77. The Morgan fingerprint density at radius 2 is 2.35 bits per heavy atom. The lowest BCUT2D eigenvalue weighted by Gasteiger charge is -2.06. The fourth-order valence-electron chi connectivity index (χ4n) is 1.61. The van der Waals surface area contributed by atoms with Crippen LogP contribution in [0.2, 0.25) is 0 Å². The van der Waals surface area contributed by atoms with E-state index in [0.29, 0.717) is 23.6 Å². The Morgan fingerprint density at radius 1 is 1.52 bits per heavy atom. The summed E-state index contributed by atoms with van der Waals surface area (Å²) >= 11 is 0.817. The molecule has 0 spiro atoms. The molecule has 0 atom stereocenters. The SMILES string of the molecule is CCc1nnc(S/C(=C\c2cccc(OCC#N)c2)C(=O)[O-])o1. The smallest absolute Gasteiger partial charge is 0.281 e. The molecule has 0 N–H and O–H groups in total. The van der Waals surface area contributed by atoms with Crippen molar-refractivity contribution in [2.24, 2.45) is 0 Å². The van der Waals surface area contributed by atoms with Crippen molar-refractivity contribution >= 4 is 23.8 Å². The van der Waals surface area contributed by atoms with Crippen LogP contribution in [0.3, 0.4) is 0 Å². The third-order valence-corrected chi connectivity index (χ3v) is 3.45. The maximum absolute atomic E-state index is 11.3. The number of ether oxygens (including phenoxy) is 1. The lowest BCUT2D eigenvalue weighted by atomic mass is 10.2. The summed E-state index contributed by atoms with van der Waals surface area (Å²) < 4.78 is 10.4. The molecule has 0 saturated heterocycles. The Morgan fingerprint density at radius 3 is 3.00 bits per heavy atom. The minimum absolute atomic E-state index is 0.0752. The van der Waals surface area contributed by atoms with Gasteiger partial charge in [0.2, 0.25) is 5.89 Å². The molecule has 1 heterocycles. The molecule has 0 aliphatic rings. The summed E-state index contributed by atoms with van der Waals surface area (Å²) in [5.41, 5.74) is 0.586. The van der Waals surface area contributed by atoms with Crippen LogP contribution in [0.4, 0.5) is 0 Å². The third kappa shape index (κ3) is 4.86. The molecule has 0 amide bonds. The van der Waals surface area contributed by atoms with E-state index in [0.717, 1.165) is 11.8 Å². The first-order valence-corrected chi connectivity index (χ1v) is 7.47. The molecule has 0 fully saturated rings. The summed E-state index contributed by atoms with van der Waals surface area (Å²) in [4.78, 5) is 11.2. The van der Waals surface area contributed by atoms with Gasteiger partial charge >= 0.3 is 0 Å². The highest BCUT2D eigenvalue weighted by Gasteiger charge is 2.10. The average Bonchev–Trinajstić information content (AvgIpc) is 3.00. The van der Waals surface area contributed by atoms with Crippen LogP contribution in [-0.4, -0.2) is 22.8 Å². The van der Waals surface area contributed by atoms with E-state index in [1.165, 1.54) is 6.08 Å². The van der Waals surface area contributed by atoms with Crippen LogP contribution in [0, 0.1) is 11.3 Å². The van der Waals surface area contributed by atoms with Crippen molar-refractivity contribution in [2.75, 3.05) is 6.61 Å². The Balaban J connectivity index is 2.21. The minimum atomic E-state index is -1.35. The van der Waals surface area contributed by atoms with Crippen molar-refractivity contribution in [1.82, 2.24) is 10.2 Å². The number of aromatic nitrogens is 2. The molecule has 0 radical (unpaired) electrons. The number of hydrogen-bond donors (Lipinski definition) is 0. The van der Waals surface area contributed by atoms with Crippen molar-refractivity contribution in [3.05, 3.63) is 40.6 Å². The fraction of sp³-hybridized carbons (Fsp3) is 0.200. The second kappa shape index (κ2) is 8.00. The summed E-state index contributed by atoms with van der Waals surface area (Å²) in [5, 5.41) is 27.4. The summed E-state index contributed by atoms with van der Waals surface area (Å²) in [6.45, 7) is 1.77. The molecule has 7 nitrogen and oxygen atoms in total. The Labute approximate surface area is 136 Å². The van der Waals surface area contributed by atoms with Gasteiger partial charge in [-0.3, -0.25) is 0 Å². The molecular weight excluding hydrogens is 318 g/mol. The van der Waals surface area contributed by atoms with Gasteiger partial charge in [0.1, 0.15) is 11.8 Å². The largest absolute Gasteiger partial charge is 0.544 e. The second-order valence-electron chi connectivity index (χ2n) is 4.23. The van der Waals surface area contributed by atoms with Crippen molar-refractivity contribution in [2.45, 2.75) is 18.6 Å². The number of carbonyl (C=O) groups is 1. The number of aliphatic carboxylic acids is 1. The second-order valence-corrected chi connectivity index (χ2v) is 5.23. The van der Waals surface area contributed by atoms with Crippen LogP contribution in [-0.2, 0) is 11.2 Å². The Bertz CT molecular complexity index is 764. The number of carboxylic acids is 1. The number of rotatable bonds is 7. The summed E-state index contributed by atoms with van der Waals surface area (Å²) in [5.74, 6) is -0.458. The first kappa shape index (κ1) is 16.6. The molecule has 2 aromatic rings. The van der Waals surface area contributed by atoms with Crippen LogP contribution < -0.4 is 9.84 Å². The van der Waals surface area contributed by atoms with E-state index in [2.05, 4.69) is 10.2 Å². The first-order chi connectivity index (χ1) is 11.1.